The van der Waals surface area contributed by atoms with Crippen molar-refractivity contribution in [2.45, 2.75) is 20.5 Å². The van der Waals surface area contributed by atoms with Crippen LogP contribution in [0.3, 0.4) is 0 Å². The molecule has 0 atom stereocenters. The molecule has 26 heavy (non-hydrogen) atoms. The van der Waals surface area contributed by atoms with Crippen LogP contribution in [-0.4, -0.2) is 4.98 Å². The van der Waals surface area contributed by atoms with Gasteiger partial charge in [-0.1, -0.05) is 35.9 Å². The first-order valence-corrected chi connectivity index (χ1v) is 8.82. The highest BCUT2D eigenvalue weighted by Crippen LogP contribution is 2.28. The molecule has 130 valence electrons. The van der Waals surface area contributed by atoms with Gasteiger partial charge in [0.2, 0.25) is 5.89 Å². The molecule has 0 N–H and O–H groups in total. The minimum atomic E-state index is 0.431. The number of rotatable bonds is 4. The summed E-state index contributed by atoms with van der Waals surface area (Å²) in [5, 5.41) is 0.709. The Bertz CT molecular complexity index is 1070. The second-order valence-corrected chi connectivity index (χ2v) is 6.76. The standard InChI is InChI=1S/C22H18ClNO2/c1-14-11-15(2)21-20(12-14)24-22(26-21)16-7-9-18(10-8-16)25-13-17-5-3-4-6-19(17)23/h3-12H,13H2,1-2H3. The summed E-state index contributed by atoms with van der Waals surface area (Å²) >= 11 is 6.16. The van der Waals surface area contributed by atoms with Crippen LogP contribution in [0.4, 0.5) is 0 Å². The number of ether oxygens (including phenoxy) is 1. The van der Waals surface area contributed by atoms with Crippen molar-refractivity contribution in [3.63, 3.8) is 0 Å². The van der Waals surface area contributed by atoms with E-state index in [2.05, 4.69) is 18.0 Å². The number of oxazole rings is 1. The molecule has 0 fully saturated rings. The van der Waals surface area contributed by atoms with E-state index in [1.807, 2.05) is 61.5 Å². The molecule has 0 amide bonds. The summed E-state index contributed by atoms with van der Waals surface area (Å²) in [4.78, 5) is 4.61. The third kappa shape index (κ3) is 3.31. The average molecular weight is 364 g/mol. The summed E-state index contributed by atoms with van der Waals surface area (Å²) in [7, 11) is 0. The Morgan fingerprint density at radius 1 is 1.00 bits per heavy atom. The maximum atomic E-state index is 6.16. The molecule has 0 aliphatic heterocycles. The monoisotopic (exact) mass is 363 g/mol. The summed E-state index contributed by atoms with van der Waals surface area (Å²) in [5.74, 6) is 1.39. The normalized spacial score (nSPS) is 11.0. The fourth-order valence-electron chi connectivity index (χ4n) is 2.97. The van der Waals surface area contributed by atoms with Crippen molar-refractivity contribution in [1.82, 2.24) is 4.98 Å². The van der Waals surface area contributed by atoms with Gasteiger partial charge in [-0.2, -0.15) is 0 Å². The number of aromatic nitrogens is 1. The van der Waals surface area contributed by atoms with Crippen LogP contribution in [0.15, 0.2) is 65.1 Å². The molecule has 1 aromatic heterocycles. The molecule has 0 bridgehead atoms. The highest BCUT2D eigenvalue weighted by molar-refractivity contribution is 6.31. The topological polar surface area (TPSA) is 35.3 Å². The lowest BCUT2D eigenvalue weighted by Crippen LogP contribution is -1.95. The predicted molar refractivity (Wildman–Crippen MR) is 105 cm³/mol. The van der Waals surface area contributed by atoms with Gasteiger partial charge in [-0.25, -0.2) is 4.98 Å². The molecule has 4 rings (SSSR count). The van der Waals surface area contributed by atoms with E-state index in [4.69, 9.17) is 20.8 Å². The van der Waals surface area contributed by atoms with Gasteiger partial charge in [0.25, 0.3) is 0 Å². The van der Waals surface area contributed by atoms with Crippen molar-refractivity contribution in [2.24, 2.45) is 0 Å². The van der Waals surface area contributed by atoms with E-state index in [-0.39, 0.29) is 0 Å². The molecule has 0 spiro atoms. The fourth-order valence-corrected chi connectivity index (χ4v) is 3.16. The van der Waals surface area contributed by atoms with Crippen molar-refractivity contribution in [3.05, 3.63) is 82.4 Å². The third-order valence-electron chi connectivity index (χ3n) is 4.27. The summed E-state index contributed by atoms with van der Waals surface area (Å²) < 4.78 is 11.8. The van der Waals surface area contributed by atoms with Crippen molar-refractivity contribution in [1.29, 1.82) is 0 Å². The van der Waals surface area contributed by atoms with Gasteiger partial charge in [0.1, 0.15) is 17.9 Å². The van der Waals surface area contributed by atoms with E-state index in [1.54, 1.807) is 0 Å². The maximum absolute atomic E-state index is 6.16. The Kier molecular flexibility index (Phi) is 4.39. The van der Waals surface area contributed by atoms with Gasteiger partial charge < -0.3 is 9.15 Å². The van der Waals surface area contributed by atoms with Crippen molar-refractivity contribution >= 4 is 22.7 Å². The minimum absolute atomic E-state index is 0.431. The Balaban J connectivity index is 1.54. The molecule has 0 saturated carbocycles. The highest BCUT2D eigenvalue weighted by Gasteiger charge is 2.11. The molecule has 0 unspecified atom stereocenters. The Hall–Kier alpha value is -2.78. The molecule has 4 aromatic rings. The van der Waals surface area contributed by atoms with Crippen LogP contribution in [-0.2, 0) is 6.61 Å². The maximum Gasteiger partial charge on any atom is 0.227 e. The molecular formula is C22H18ClNO2. The summed E-state index contributed by atoms with van der Waals surface area (Å²) in [5.41, 5.74) is 5.88. The number of hydrogen-bond donors (Lipinski definition) is 0. The first kappa shape index (κ1) is 16.7. The van der Waals surface area contributed by atoms with Crippen LogP contribution in [0, 0.1) is 13.8 Å². The molecule has 0 aliphatic rings. The van der Waals surface area contributed by atoms with E-state index < -0.39 is 0 Å². The smallest absolute Gasteiger partial charge is 0.227 e. The number of nitrogens with zero attached hydrogens (tertiary/aromatic N) is 1. The van der Waals surface area contributed by atoms with Gasteiger partial charge in [0.15, 0.2) is 5.58 Å². The number of benzene rings is 3. The zero-order chi connectivity index (χ0) is 18.1. The van der Waals surface area contributed by atoms with Crippen LogP contribution in [0.5, 0.6) is 5.75 Å². The van der Waals surface area contributed by atoms with E-state index in [0.717, 1.165) is 33.5 Å². The van der Waals surface area contributed by atoms with Gasteiger partial charge in [0, 0.05) is 16.1 Å². The van der Waals surface area contributed by atoms with Gasteiger partial charge in [-0.3, -0.25) is 0 Å². The molecular weight excluding hydrogens is 346 g/mol. The molecule has 4 heteroatoms. The Morgan fingerprint density at radius 3 is 2.54 bits per heavy atom. The van der Waals surface area contributed by atoms with Crippen LogP contribution >= 0.6 is 11.6 Å². The number of aryl methyl sites for hydroxylation is 2. The minimum Gasteiger partial charge on any atom is -0.489 e. The molecule has 3 nitrogen and oxygen atoms in total. The lowest BCUT2D eigenvalue weighted by molar-refractivity contribution is 0.306. The first-order valence-electron chi connectivity index (χ1n) is 8.44. The second kappa shape index (κ2) is 6.85. The van der Waals surface area contributed by atoms with E-state index in [9.17, 15) is 0 Å². The van der Waals surface area contributed by atoms with E-state index in [0.29, 0.717) is 17.5 Å². The molecule has 0 radical (unpaired) electrons. The number of fused-ring (bicyclic) bond motifs is 1. The zero-order valence-electron chi connectivity index (χ0n) is 14.6. The van der Waals surface area contributed by atoms with E-state index >= 15 is 0 Å². The van der Waals surface area contributed by atoms with Gasteiger partial charge >= 0.3 is 0 Å². The Labute approximate surface area is 157 Å². The Morgan fingerprint density at radius 2 is 1.77 bits per heavy atom. The third-order valence-corrected chi connectivity index (χ3v) is 4.64. The number of halogens is 1. The van der Waals surface area contributed by atoms with Crippen LogP contribution in [0.2, 0.25) is 5.02 Å². The average Bonchev–Trinajstić information content (AvgIpc) is 3.06. The summed E-state index contributed by atoms with van der Waals surface area (Å²) in [6.45, 7) is 4.53. The zero-order valence-corrected chi connectivity index (χ0v) is 15.4. The second-order valence-electron chi connectivity index (χ2n) is 6.35. The predicted octanol–water partition coefficient (Wildman–Crippen LogP) is 6.34. The lowest BCUT2D eigenvalue weighted by Gasteiger charge is -2.08. The van der Waals surface area contributed by atoms with Crippen LogP contribution in [0.25, 0.3) is 22.6 Å². The van der Waals surface area contributed by atoms with Gasteiger partial charge in [-0.05, 0) is 61.4 Å². The lowest BCUT2D eigenvalue weighted by atomic mass is 10.1. The molecule has 3 aromatic carbocycles. The molecule has 1 heterocycles. The fraction of sp³-hybridized carbons (Fsp3) is 0.136. The summed E-state index contributed by atoms with van der Waals surface area (Å²) in [6.07, 6.45) is 0. The van der Waals surface area contributed by atoms with Crippen molar-refractivity contribution in [3.8, 4) is 17.2 Å². The van der Waals surface area contributed by atoms with Gasteiger partial charge in [0.05, 0.1) is 0 Å². The SMILES string of the molecule is Cc1cc(C)c2oc(-c3ccc(OCc4ccccc4Cl)cc3)nc2c1. The van der Waals surface area contributed by atoms with Crippen molar-refractivity contribution < 1.29 is 9.15 Å². The quantitative estimate of drug-likeness (QED) is 0.424. The summed E-state index contributed by atoms with van der Waals surface area (Å²) in [6, 6.07) is 19.6. The first-order chi connectivity index (χ1) is 12.6. The molecule has 0 saturated heterocycles. The number of hydrogen-bond acceptors (Lipinski definition) is 3. The van der Waals surface area contributed by atoms with Gasteiger partial charge in [-0.15, -0.1) is 0 Å². The van der Waals surface area contributed by atoms with Crippen LogP contribution in [0.1, 0.15) is 16.7 Å². The van der Waals surface area contributed by atoms with E-state index in [1.165, 1.54) is 5.56 Å². The highest BCUT2D eigenvalue weighted by atomic mass is 35.5. The largest absolute Gasteiger partial charge is 0.489 e. The molecule has 0 aliphatic carbocycles. The van der Waals surface area contributed by atoms with Crippen molar-refractivity contribution in [2.75, 3.05) is 0 Å². The van der Waals surface area contributed by atoms with Crippen LogP contribution < -0.4 is 4.74 Å².